The van der Waals surface area contributed by atoms with Crippen LogP contribution in [-0.4, -0.2) is 59.6 Å². The number of hydrogen-bond acceptors (Lipinski definition) is 6. The van der Waals surface area contributed by atoms with Crippen LogP contribution in [-0.2, 0) is 4.79 Å². The smallest absolute Gasteiger partial charge is 0.323 e. The number of pyridine rings is 1. The van der Waals surface area contributed by atoms with Crippen molar-refractivity contribution in [3.8, 4) is 0 Å². The second kappa shape index (κ2) is 6.64. The molecule has 1 aromatic rings. The van der Waals surface area contributed by atoms with E-state index < -0.39 is 10.9 Å². The van der Waals surface area contributed by atoms with Crippen LogP contribution >= 0.6 is 0 Å². The summed E-state index contributed by atoms with van der Waals surface area (Å²) < 4.78 is 0. The van der Waals surface area contributed by atoms with Gasteiger partial charge in [0, 0.05) is 25.4 Å². The molecule has 0 amide bonds. The van der Waals surface area contributed by atoms with Crippen molar-refractivity contribution >= 4 is 17.5 Å². The molecular formula is C11H16N4O4. The largest absolute Gasteiger partial charge is 0.480 e. The van der Waals surface area contributed by atoms with E-state index in [0.717, 1.165) is 0 Å². The number of carboxylic acid groups (broad SMARTS) is 1. The zero-order valence-electron chi connectivity index (χ0n) is 10.8. The quantitative estimate of drug-likeness (QED) is 0.565. The van der Waals surface area contributed by atoms with Crippen molar-refractivity contribution < 1.29 is 14.8 Å². The molecule has 1 aromatic heterocycles. The molecule has 0 bridgehead atoms. The van der Waals surface area contributed by atoms with Crippen LogP contribution in [0, 0.1) is 10.1 Å². The van der Waals surface area contributed by atoms with Crippen LogP contribution in [0.25, 0.3) is 0 Å². The molecule has 0 aliphatic carbocycles. The molecule has 1 heterocycles. The maximum atomic E-state index is 10.9. The van der Waals surface area contributed by atoms with E-state index in [1.165, 1.54) is 23.2 Å². The number of nitro groups is 1. The molecule has 104 valence electrons. The fraction of sp³-hybridized carbons (Fsp3) is 0.455. The molecule has 0 unspecified atom stereocenters. The van der Waals surface area contributed by atoms with Crippen molar-refractivity contribution in [3.05, 3.63) is 28.4 Å². The maximum absolute atomic E-state index is 10.9. The lowest BCUT2D eigenvalue weighted by molar-refractivity contribution is -0.384. The van der Waals surface area contributed by atoms with E-state index in [9.17, 15) is 14.9 Å². The van der Waals surface area contributed by atoms with Gasteiger partial charge >= 0.3 is 11.7 Å². The molecule has 19 heavy (non-hydrogen) atoms. The Morgan fingerprint density at radius 1 is 1.47 bits per heavy atom. The minimum atomic E-state index is -1.06. The molecule has 0 radical (unpaired) electrons. The van der Waals surface area contributed by atoms with Crippen LogP contribution in [0.4, 0.5) is 11.5 Å². The first kappa shape index (κ1) is 14.8. The highest BCUT2D eigenvalue weighted by molar-refractivity contribution is 5.74. The summed E-state index contributed by atoms with van der Waals surface area (Å²) >= 11 is 0. The average molecular weight is 268 g/mol. The second-order valence-corrected chi connectivity index (χ2v) is 4.22. The highest BCUT2D eigenvalue weighted by Gasteiger charge is 2.22. The lowest BCUT2D eigenvalue weighted by Gasteiger charge is -2.23. The Morgan fingerprint density at radius 3 is 2.68 bits per heavy atom. The van der Waals surface area contributed by atoms with E-state index in [1.54, 1.807) is 0 Å². The van der Waals surface area contributed by atoms with Gasteiger partial charge in [-0.15, -0.1) is 0 Å². The van der Waals surface area contributed by atoms with Gasteiger partial charge in [0.05, 0.1) is 4.92 Å². The van der Waals surface area contributed by atoms with Crippen molar-refractivity contribution in [2.24, 2.45) is 0 Å². The predicted octanol–water partition coefficient (Wildman–Crippen LogP) is 0.442. The Bertz CT molecular complexity index is 464. The molecular weight excluding hydrogens is 252 g/mol. The number of hydrogen-bond donors (Lipinski definition) is 1. The van der Waals surface area contributed by atoms with Crippen molar-refractivity contribution in [3.63, 3.8) is 0 Å². The summed E-state index contributed by atoms with van der Waals surface area (Å²) in [6.45, 7) is 0.587. The van der Waals surface area contributed by atoms with Crippen molar-refractivity contribution in [2.75, 3.05) is 38.6 Å². The SMILES string of the molecule is CN(C)CCN(CC(=O)O)c1ncccc1[N+](=O)[O-]. The fourth-order valence-electron chi connectivity index (χ4n) is 1.52. The summed E-state index contributed by atoms with van der Waals surface area (Å²) in [4.78, 5) is 28.4. The van der Waals surface area contributed by atoms with Crippen LogP contribution in [0.2, 0.25) is 0 Å². The van der Waals surface area contributed by atoms with Crippen LogP contribution < -0.4 is 4.90 Å². The van der Waals surface area contributed by atoms with Crippen LogP contribution in [0.3, 0.4) is 0 Å². The number of nitrogens with zero attached hydrogens (tertiary/aromatic N) is 4. The van der Waals surface area contributed by atoms with Crippen LogP contribution in [0.15, 0.2) is 18.3 Å². The summed E-state index contributed by atoms with van der Waals surface area (Å²) in [5.41, 5.74) is -0.192. The van der Waals surface area contributed by atoms with Crippen LogP contribution in [0.5, 0.6) is 0 Å². The van der Waals surface area contributed by atoms with E-state index in [1.807, 2.05) is 19.0 Å². The highest BCUT2D eigenvalue weighted by Crippen LogP contribution is 2.24. The number of aliphatic carboxylic acids is 1. The number of aromatic nitrogens is 1. The fourth-order valence-corrected chi connectivity index (χ4v) is 1.52. The molecule has 0 fully saturated rings. The Hall–Kier alpha value is -2.22. The van der Waals surface area contributed by atoms with Gasteiger partial charge in [0.1, 0.15) is 6.54 Å². The Morgan fingerprint density at radius 2 is 2.16 bits per heavy atom. The zero-order chi connectivity index (χ0) is 14.4. The van der Waals surface area contributed by atoms with Gasteiger partial charge in [0.2, 0.25) is 5.82 Å². The molecule has 0 saturated carbocycles. The van der Waals surface area contributed by atoms with Gasteiger partial charge in [-0.05, 0) is 20.2 Å². The van der Waals surface area contributed by atoms with Crippen LogP contribution in [0.1, 0.15) is 0 Å². The molecule has 0 spiro atoms. The monoisotopic (exact) mass is 268 g/mol. The minimum Gasteiger partial charge on any atom is -0.480 e. The van der Waals surface area contributed by atoms with Gasteiger partial charge in [0.25, 0.3) is 0 Å². The Balaban J connectivity index is 3.02. The van der Waals surface area contributed by atoms with E-state index in [2.05, 4.69) is 4.98 Å². The molecule has 1 rings (SSSR count). The highest BCUT2D eigenvalue weighted by atomic mass is 16.6. The lowest BCUT2D eigenvalue weighted by atomic mass is 10.3. The van der Waals surface area contributed by atoms with Gasteiger partial charge in [-0.2, -0.15) is 0 Å². The summed E-state index contributed by atoms with van der Waals surface area (Å²) in [6.07, 6.45) is 1.41. The summed E-state index contributed by atoms with van der Waals surface area (Å²) in [7, 11) is 3.68. The summed E-state index contributed by atoms with van der Waals surface area (Å²) in [6, 6.07) is 2.76. The molecule has 8 heteroatoms. The third-order valence-electron chi connectivity index (χ3n) is 2.41. The zero-order valence-corrected chi connectivity index (χ0v) is 10.8. The molecule has 1 N–H and O–H groups in total. The van der Waals surface area contributed by atoms with E-state index in [0.29, 0.717) is 13.1 Å². The van der Waals surface area contributed by atoms with Crippen molar-refractivity contribution in [1.29, 1.82) is 0 Å². The maximum Gasteiger partial charge on any atom is 0.323 e. The van der Waals surface area contributed by atoms with Crippen molar-refractivity contribution in [1.82, 2.24) is 9.88 Å². The second-order valence-electron chi connectivity index (χ2n) is 4.22. The number of rotatable bonds is 7. The Kier molecular flexibility index (Phi) is 5.19. The first-order chi connectivity index (χ1) is 8.91. The van der Waals surface area contributed by atoms with Gasteiger partial charge in [-0.25, -0.2) is 4.98 Å². The molecule has 0 aromatic carbocycles. The minimum absolute atomic E-state index is 0.0803. The number of likely N-dealkylation sites (N-methyl/N-ethyl adjacent to an activating group) is 1. The van der Waals surface area contributed by atoms with E-state index in [-0.39, 0.29) is 18.1 Å². The van der Waals surface area contributed by atoms with E-state index in [4.69, 9.17) is 5.11 Å². The standard InChI is InChI=1S/C11H16N4O4/c1-13(2)6-7-14(8-10(16)17)11-9(15(18)19)4-3-5-12-11/h3-5H,6-8H2,1-2H3,(H,16,17). The van der Waals surface area contributed by atoms with E-state index >= 15 is 0 Å². The predicted molar refractivity (Wildman–Crippen MR) is 69.3 cm³/mol. The molecule has 0 aliphatic heterocycles. The molecule has 8 nitrogen and oxygen atoms in total. The van der Waals surface area contributed by atoms with Gasteiger partial charge in [0.15, 0.2) is 0 Å². The first-order valence-corrected chi connectivity index (χ1v) is 5.62. The number of carboxylic acids is 1. The topological polar surface area (TPSA) is 99.8 Å². The third-order valence-corrected chi connectivity index (χ3v) is 2.41. The summed E-state index contributed by atoms with van der Waals surface area (Å²) in [5.74, 6) is -0.976. The third kappa shape index (κ3) is 4.51. The molecule has 0 atom stereocenters. The number of carbonyl (C=O) groups is 1. The van der Waals surface area contributed by atoms with Gasteiger partial charge < -0.3 is 14.9 Å². The van der Waals surface area contributed by atoms with Gasteiger partial charge in [-0.3, -0.25) is 14.9 Å². The van der Waals surface area contributed by atoms with Crippen molar-refractivity contribution in [2.45, 2.75) is 0 Å². The number of anilines is 1. The summed E-state index contributed by atoms with van der Waals surface area (Å²) in [5, 5.41) is 19.8. The first-order valence-electron chi connectivity index (χ1n) is 5.62. The average Bonchev–Trinajstić information content (AvgIpc) is 2.33. The Labute approximate surface area is 110 Å². The molecule has 0 saturated heterocycles. The molecule has 0 aliphatic rings. The normalized spacial score (nSPS) is 10.5. The van der Waals surface area contributed by atoms with Gasteiger partial charge in [-0.1, -0.05) is 0 Å². The lowest BCUT2D eigenvalue weighted by Crippen LogP contribution is -2.36.